The minimum atomic E-state index is -0.857. The average molecular weight is 376 g/mol. The number of aliphatic hydroxyl groups excluding tert-OH is 2. The van der Waals surface area contributed by atoms with Gasteiger partial charge in [-0.2, -0.15) is 4.98 Å². The molecule has 10 heteroatoms. The van der Waals surface area contributed by atoms with Crippen LogP contribution >= 0.6 is 0 Å². The second-order valence-electron chi connectivity index (χ2n) is 6.25. The standard InChI is InChI=1S/C17H20N4O6/c18-4-5-25-10-2-1-3-11-15(10)19-16-12(26-11)7-21(17(24)20-16)14-6-9(23)13(8-22)27-14/h1-3,7,9,13-14,22-23H,4-6,8,18H2,(H,19,20,24)/t9-,13-,14?/m1/s1. The summed E-state index contributed by atoms with van der Waals surface area (Å²) >= 11 is 0. The average Bonchev–Trinajstić information content (AvgIpc) is 3.04. The Balaban J connectivity index is 1.64. The van der Waals surface area contributed by atoms with E-state index < -0.39 is 24.1 Å². The summed E-state index contributed by atoms with van der Waals surface area (Å²) in [6.07, 6.45) is -0.672. The number of nitrogens with zero attached hydrogens (tertiary/aromatic N) is 2. The number of rotatable bonds is 5. The molecule has 0 spiro atoms. The van der Waals surface area contributed by atoms with Crippen LogP contribution < -0.4 is 26.2 Å². The van der Waals surface area contributed by atoms with Gasteiger partial charge in [-0.3, -0.25) is 4.57 Å². The van der Waals surface area contributed by atoms with Crippen molar-refractivity contribution in [2.45, 2.75) is 24.9 Å². The van der Waals surface area contributed by atoms with Gasteiger partial charge in [-0.1, -0.05) is 6.07 Å². The molecule has 1 fully saturated rings. The molecule has 10 nitrogen and oxygen atoms in total. The predicted molar refractivity (Wildman–Crippen MR) is 94.5 cm³/mol. The van der Waals surface area contributed by atoms with E-state index in [0.717, 1.165) is 0 Å². The molecule has 1 aromatic heterocycles. The number of aromatic nitrogens is 2. The monoisotopic (exact) mass is 376 g/mol. The molecule has 0 bridgehead atoms. The number of nitrogens with one attached hydrogen (secondary N) is 1. The van der Waals surface area contributed by atoms with Gasteiger partial charge in [0.1, 0.15) is 30.4 Å². The molecule has 2 aliphatic heterocycles. The van der Waals surface area contributed by atoms with E-state index in [1.165, 1.54) is 10.8 Å². The topological polar surface area (TPSA) is 141 Å². The lowest BCUT2D eigenvalue weighted by molar-refractivity contribution is -0.0459. The van der Waals surface area contributed by atoms with Crippen LogP contribution in [0.4, 0.5) is 11.5 Å². The number of benzene rings is 1. The van der Waals surface area contributed by atoms with Crippen LogP contribution in [0.5, 0.6) is 17.2 Å². The molecular weight excluding hydrogens is 356 g/mol. The van der Waals surface area contributed by atoms with Crippen molar-refractivity contribution in [3.8, 4) is 17.2 Å². The van der Waals surface area contributed by atoms with Crippen molar-refractivity contribution >= 4 is 11.5 Å². The van der Waals surface area contributed by atoms with Gasteiger partial charge in [-0.05, 0) is 12.1 Å². The Labute approximate surface area is 154 Å². The van der Waals surface area contributed by atoms with Crippen LogP contribution in [0.2, 0.25) is 0 Å². The van der Waals surface area contributed by atoms with Crippen LogP contribution in [0, 0.1) is 0 Å². The number of anilines is 2. The fourth-order valence-corrected chi connectivity index (χ4v) is 3.12. The zero-order chi connectivity index (χ0) is 19.0. The van der Waals surface area contributed by atoms with E-state index >= 15 is 0 Å². The number of fused-ring (bicyclic) bond motifs is 2. The molecule has 0 radical (unpaired) electrons. The van der Waals surface area contributed by atoms with Gasteiger partial charge in [0.25, 0.3) is 0 Å². The Morgan fingerprint density at radius 2 is 2.26 bits per heavy atom. The van der Waals surface area contributed by atoms with Gasteiger partial charge in [-0.25, -0.2) is 4.79 Å². The van der Waals surface area contributed by atoms with E-state index in [4.69, 9.17) is 19.9 Å². The highest BCUT2D eigenvalue weighted by molar-refractivity contribution is 5.77. The summed E-state index contributed by atoms with van der Waals surface area (Å²) in [6, 6.07) is 5.30. The number of ether oxygens (including phenoxy) is 3. The van der Waals surface area contributed by atoms with Gasteiger partial charge < -0.3 is 35.5 Å². The first-order valence-electron chi connectivity index (χ1n) is 8.59. The van der Waals surface area contributed by atoms with Crippen LogP contribution in [-0.4, -0.2) is 51.7 Å². The first kappa shape index (κ1) is 17.7. The molecule has 3 heterocycles. The number of hydrogen-bond acceptors (Lipinski definition) is 9. The molecule has 1 saturated heterocycles. The maximum absolute atomic E-state index is 12.4. The van der Waals surface area contributed by atoms with Crippen molar-refractivity contribution < 1.29 is 24.4 Å². The molecule has 27 heavy (non-hydrogen) atoms. The third-order valence-electron chi connectivity index (χ3n) is 4.44. The Morgan fingerprint density at radius 1 is 1.41 bits per heavy atom. The zero-order valence-electron chi connectivity index (χ0n) is 14.4. The van der Waals surface area contributed by atoms with Gasteiger partial charge >= 0.3 is 5.69 Å². The first-order chi connectivity index (χ1) is 13.1. The molecule has 3 atom stereocenters. The van der Waals surface area contributed by atoms with Crippen LogP contribution in [0.3, 0.4) is 0 Å². The fraction of sp³-hybridized carbons (Fsp3) is 0.412. The SMILES string of the molecule is NCCOc1cccc2c1Nc1nc(=O)n(C3C[C@@H](O)[C@@H](CO)O3)cc1O2. The van der Waals surface area contributed by atoms with Gasteiger partial charge in [0.05, 0.1) is 18.9 Å². The molecule has 0 saturated carbocycles. The summed E-state index contributed by atoms with van der Waals surface area (Å²) in [6.45, 7) is 0.376. The van der Waals surface area contributed by atoms with E-state index in [1.54, 1.807) is 18.2 Å². The largest absolute Gasteiger partial charge is 0.490 e. The van der Waals surface area contributed by atoms with E-state index in [0.29, 0.717) is 36.1 Å². The zero-order valence-corrected chi connectivity index (χ0v) is 14.4. The van der Waals surface area contributed by atoms with Gasteiger partial charge in [0, 0.05) is 13.0 Å². The summed E-state index contributed by atoms with van der Waals surface area (Å²) < 4.78 is 18.2. The van der Waals surface area contributed by atoms with Crippen molar-refractivity contribution in [3.05, 3.63) is 34.9 Å². The molecular formula is C17H20N4O6. The van der Waals surface area contributed by atoms with E-state index in [9.17, 15) is 15.0 Å². The second kappa shape index (κ2) is 7.16. The molecule has 4 rings (SSSR count). The Morgan fingerprint density at radius 3 is 3.00 bits per heavy atom. The van der Waals surface area contributed by atoms with Gasteiger partial charge in [-0.15, -0.1) is 0 Å². The van der Waals surface area contributed by atoms with Crippen LogP contribution in [-0.2, 0) is 4.74 Å². The van der Waals surface area contributed by atoms with Crippen LogP contribution in [0.25, 0.3) is 0 Å². The summed E-state index contributed by atoms with van der Waals surface area (Å²) in [5.74, 6) is 1.65. The van der Waals surface area contributed by atoms with E-state index in [-0.39, 0.29) is 18.8 Å². The summed E-state index contributed by atoms with van der Waals surface area (Å²) in [4.78, 5) is 16.5. The lowest BCUT2D eigenvalue weighted by Crippen LogP contribution is -2.29. The summed E-state index contributed by atoms with van der Waals surface area (Å²) in [5.41, 5.74) is 5.48. The predicted octanol–water partition coefficient (Wildman–Crippen LogP) is 0.0708. The highest BCUT2D eigenvalue weighted by Gasteiger charge is 2.36. The molecule has 0 aliphatic carbocycles. The lowest BCUT2D eigenvalue weighted by Gasteiger charge is -2.24. The normalized spacial score (nSPS) is 23.1. The smallest absolute Gasteiger partial charge is 0.351 e. The Hall–Kier alpha value is -2.66. The molecule has 1 unspecified atom stereocenters. The van der Waals surface area contributed by atoms with Crippen molar-refractivity contribution in [1.29, 1.82) is 0 Å². The summed E-state index contributed by atoms with van der Waals surface area (Å²) in [5, 5.41) is 22.2. The van der Waals surface area contributed by atoms with Crippen molar-refractivity contribution in [3.63, 3.8) is 0 Å². The maximum atomic E-state index is 12.4. The van der Waals surface area contributed by atoms with Crippen molar-refractivity contribution in [1.82, 2.24) is 9.55 Å². The third-order valence-corrected chi connectivity index (χ3v) is 4.44. The maximum Gasteiger partial charge on any atom is 0.351 e. The van der Waals surface area contributed by atoms with Crippen LogP contribution in [0.15, 0.2) is 29.2 Å². The quantitative estimate of drug-likeness (QED) is 0.487. The van der Waals surface area contributed by atoms with Crippen molar-refractivity contribution in [2.75, 3.05) is 25.1 Å². The van der Waals surface area contributed by atoms with Gasteiger partial charge in [0.2, 0.25) is 0 Å². The van der Waals surface area contributed by atoms with Crippen molar-refractivity contribution in [2.24, 2.45) is 5.73 Å². The fourth-order valence-electron chi connectivity index (χ4n) is 3.12. The molecule has 144 valence electrons. The van der Waals surface area contributed by atoms with Gasteiger partial charge in [0.15, 0.2) is 17.3 Å². The highest BCUT2D eigenvalue weighted by Crippen LogP contribution is 2.45. The third kappa shape index (κ3) is 3.23. The number of aliphatic hydroxyl groups is 2. The highest BCUT2D eigenvalue weighted by atomic mass is 16.5. The number of hydrogen-bond donors (Lipinski definition) is 4. The minimum absolute atomic E-state index is 0.173. The molecule has 2 aliphatic rings. The Bertz CT molecular complexity index is 901. The number of para-hydroxylation sites is 1. The first-order valence-corrected chi connectivity index (χ1v) is 8.59. The molecule has 0 amide bonds. The van der Waals surface area contributed by atoms with Crippen LogP contribution in [0.1, 0.15) is 12.6 Å². The molecule has 2 aromatic rings. The van der Waals surface area contributed by atoms with E-state index in [1.807, 2.05) is 0 Å². The molecule has 5 N–H and O–H groups in total. The Kier molecular flexibility index (Phi) is 4.70. The number of nitrogens with two attached hydrogens (primary N) is 1. The lowest BCUT2D eigenvalue weighted by atomic mass is 10.2. The second-order valence-corrected chi connectivity index (χ2v) is 6.25. The van der Waals surface area contributed by atoms with E-state index in [2.05, 4.69) is 10.3 Å². The molecule has 1 aromatic carbocycles. The minimum Gasteiger partial charge on any atom is -0.490 e. The summed E-state index contributed by atoms with van der Waals surface area (Å²) in [7, 11) is 0.